The maximum atomic E-state index is 13.4. The van der Waals surface area contributed by atoms with Crippen molar-refractivity contribution < 1.29 is 22.8 Å². The lowest BCUT2D eigenvalue weighted by molar-refractivity contribution is -0.137. The first-order valence-electron chi connectivity index (χ1n) is 12.1. The lowest BCUT2D eigenvalue weighted by atomic mass is 10.0. The van der Waals surface area contributed by atoms with Crippen molar-refractivity contribution in [3.63, 3.8) is 0 Å². The monoisotopic (exact) mass is 523 g/mol. The summed E-state index contributed by atoms with van der Waals surface area (Å²) >= 11 is 5.53. The summed E-state index contributed by atoms with van der Waals surface area (Å²) in [7, 11) is 0. The summed E-state index contributed by atoms with van der Waals surface area (Å²) in [6.07, 6.45) is -0.946. The van der Waals surface area contributed by atoms with Crippen LogP contribution in [0.2, 0.25) is 0 Å². The molecule has 0 aromatic heterocycles. The van der Waals surface area contributed by atoms with Crippen LogP contribution >= 0.6 is 12.2 Å². The Labute approximate surface area is 215 Å². The summed E-state index contributed by atoms with van der Waals surface area (Å²) in [4.78, 5) is 31.7. The van der Waals surface area contributed by atoms with Crippen molar-refractivity contribution in [1.82, 2.24) is 14.7 Å². The van der Waals surface area contributed by atoms with Gasteiger partial charge in [0.1, 0.15) is 5.54 Å². The smallest absolute Gasteiger partial charge is 0.340 e. The molecule has 1 aromatic rings. The average Bonchev–Trinajstić information content (AvgIpc) is 2.99. The Morgan fingerprint density at radius 2 is 1.69 bits per heavy atom. The van der Waals surface area contributed by atoms with Crippen LogP contribution in [-0.4, -0.2) is 76.4 Å². The van der Waals surface area contributed by atoms with Crippen molar-refractivity contribution in [3.05, 3.63) is 29.3 Å². The maximum absolute atomic E-state index is 13.4. The molecule has 0 saturated carbocycles. The first-order chi connectivity index (χ1) is 16.9. The molecule has 2 fully saturated rings. The summed E-state index contributed by atoms with van der Waals surface area (Å²) < 4.78 is 40.3. The van der Waals surface area contributed by atoms with E-state index in [-0.39, 0.29) is 16.7 Å². The minimum absolute atomic E-state index is 0.0109. The minimum atomic E-state index is -4.72. The van der Waals surface area contributed by atoms with Gasteiger partial charge in [-0.2, -0.15) is 18.4 Å². The van der Waals surface area contributed by atoms with E-state index in [2.05, 4.69) is 4.90 Å². The molecule has 2 amide bonds. The van der Waals surface area contributed by atoms with Gasteiger partial charge in [0.2, 0.25) is 5.91 Å². The number of thiocarbonyl (C=S) groups is 1. The zero-order valence-corrected chi connectivity index (χ0v) is 21.7. The van der Waals surface area contributed by atoms with Crippen LogP contribution in [0.15, 0.2) is 18.2 Å². The molecule has 0 bridgehead atoms. The summed E-state index contributed by atoms with van der Waals surface area (Å²) in [6.45, 7) is 9.85. The van der Waals surface area contributed by atoms with E-state index in [0.717, 1.165) is 75.4 Å². The van der Waals surface area contributed by atoms with Crippen LogP contribution in [0.25, 0.3) is 0 Å². The second-order valence-corrected chi connectivity index (χ2v) is 10.1. The number of carbonyl (C=O) groups is 2. The van der Waals surface area contributed by atoms with Crippen molar-refractivity contribution in [2.75, 3.05) is 44.2 Å². The number of rotatable bonds is 8. The third-order valence-electron chi connectivity index (χ3n) is 6.93. The Bertz CT molecular complexity index is 1050. The number of carbonyl (C=O) groups excluding carboxylic acids is 2. The number of piperazine rings is 1. The molecule has 3 rings (SSSR count). The van der Waals surface area contributed by atoms with Crippen molar-refractivity contribution in [2.24, 2.45) is 0 Å². The molecule has 0 radical (unpaired) electrons. The van der Waals surface area contributed by atoms with Crippen molar-refractivity contribution in [3.8, 4) is 6.07 Å². The molecule has 36 heavy (non-hydrogen) atoms. The zero-order chi connectivity index (χ0) is 26.7. The molecule has 0 unspecified atom stereocenters. The van der Waals surface area contributed by atoms with Gasteiger partial charge in [0.15, 0.2) is 5.11 Å². The largest absolute Gasteiger partial charge is 0.417 e. The SMILES string of the molecule is CC(=O)N1CCN(CCCCCCN2C(=S)N(c3ccc(C#N)c(C(F)(F)F)c3)C(=O)C2(C)C)CC1. The first kappa shape index (κ1) is 27.9. The van der Waals surface area contributed by atoms with Gasteiger partial charge in [-0.15, -0.1) is 0 Å². The topological polar surface area (TPSA) is 70.9 Å². The highest BCUT2D eigenvalue weighted by molar-refractivity contribution is 7.80. The van der Waals surface area contributed by atoms with Crippen LogP contribution in [0.3, 0.4) is 0 Å². The fourth-order valence-electron chi connectivity index (χ4n) is 4.69. The predicted molar refractivity (Wildman–Crippen MR) is 134 cm³/mol. The highest BCUT2D eigenvalue weighted by atomic mass is 32.1. The first-order valence-corrected chi connectivity index (χ1v) is 12.5. The molecular formula is C25H32F3N5O2S. The van der Waals surface area contributed by atoms with Crippen molar-refractivity contribution in [2.45, 2.75) is 58.2 Å². The third-order valence-corrected chi connectivity index (χ3v) is 7.34. The van der Waals surface area contributed by atoms with Gasteiger partial charge in [-0.1, -0.05) is 12.8 Å². The molecule has 0 N–H and O–H groups in total. The van der Waals surface area contributed by atoms with Crippen LogP contribution in [0.5, 0.6) is 0 Å². The number of halogens is 3. The summed E-state index contributed by atoms with van der Waals surface area (Å²) in [5.74, 6) is -0.274. The Kier molecular flexibility index (Phi) is 8.62. The van der Waals surface area contributed by atoms with Crippen LogP contribution in [0, 0.1) is 11.3 Å². The van der Waals surface area contributed by atoms with Gasteiger partial charge < -0.3 is 9.80 Å². The van der Waals surface area contributed by atoms with Crippen LogP contribution in [0.1, 0.15) is 57.6 Å². The van der Waals surface area contributed by atoms with Gasteiger partial charge in [0, 0.05) is 39.6 Å². The molecule has 2 heterocycles. The van der Waals surface area contributed by atoms with Crippen molar-refractivity contribution >= 4 is 34.8 Å². The predicted octanol–water partition coefficient (Wildman–Crippen LogP) is 4.01. The number of amides is 2. The van der Waals surface area contributed by atoms with E-state index < -0.39 is 28.7 Å². The van der Waals surface area contributed by atoms with Gasteiger partial charge in [0.25, 0.3) is 5.91 Å². The third kappa shape index (κ3) is 5.98. The minimum Gasteiger partial charge on any atom is -0.340 e. The second kappa shape index (κ2) is 11.1. The van der Waals surface area contributed by atoms with Gasteiger partial charge >= 0.3 is 6.18 Å². The lowest BCUT2D eigenvalue weighted by Crippen LogP contribution is -2.48. The van der Waals surface area contributed by atoms with Gasteiger partial charge in [0.05, 0.1) is 22.9 Å². The Balaban J connectivity index is 1.54. The average molecular weight is 524 g/mol. The number of anilines is 1. The fourth-order valence-corrected chi connectivity index (χ4v) is 5.20. The Morgan fingerprint density at radius 1 is 1.08 bits per heavy atom. The second-order valence-electron chi connectivity index (χ2n) is 9.74. The molecule has 0 atom stereocenters. The normalized spacial score (nSPS) is 18.6. The Hall–Kier alpha value is -2.71. The molecule has 0 spiro atoms. The maximum Gasteiger partial charge on any atom is 0.417 e. The number of nitriles is 1. The molecule has 7 nitrogen and oxygen atoms in total. The fraction of sp³-hybridized carbons (Fsp3) is 0.600. The number of alkyl halides is 3. The molecule has 2 aliphatic heterocycles. The van der Waals surface area contributed by atoms with E-state index in [1.807, 2.05) is 4.90 Å². The summed E-state index contributed by atoms with van der Waals surface area (Å²) in [5.41, 5.74) is -2.56. The highest BCUT2D eigenvalue weighted by Gasteiger charge is 2.49. The number of hydrogen-bond donors (Lipinski definition) is 0. The van der Waals surface area contributed by atoms with E-state index in [9.17, 15) is 22.8 Å². The molecular weight excluding hydrogens is 491 g/mol. The van der Waals surface area contributed by atoms with Crippen LogP contribution < -0.4 is 4.90 Å². The molecule has 0 aliphatic carbocycles. The van der Waals surface area contributed by atoms with E-state index in [1.54, 1.807) is 31.7 Å². The van der Waals surface area contributed by atoms with Gasteiger partial charge in [-0.25, -0.2) is 0 Å². The molecule has 196 valence electrons. The zero-order valence-electron chi connectivity index (χ0n) is 20.9. The van der Waals surface area contributed by atoms with E-state index in [1.165, 1.54) is 6.07 Å². The Morgan fingerprint density at radius 3 is 2.25 bits per heavy atom. The van der Waals surface area contributed by atoms with E-state index in [0.29, 0.717) is 6.54 Å². The van der Waals surface area contributed by atoms with Crippen LogP contribution in [0.4, 0.5) is 18.9 Å². The molecule has 2 saturated heterocycles. The van der Waals surface area contributed by atoms with Gasteiger partial charge in [-0.05, 0) is 63.7 Å². The summed E-state index contributed by atoms with van der Waals surface area (Å²) in [6, 6.07) is 4.77. The molecule has 2 aliphatic rings. The lowest BCUT2D eigenvalue weighted by Gasteiger charge is -2.34. The van der Waals surface area contributed by atoms with E-state index >= 15 is 0 Å². The number of benzene rings is 1. The number of hydrogen-bond acceptors (Lipinski definition) is 5. The number of nitrogens with zero attached hydrogens (tertiary/aromatic N) is 5. The molecule has 1 aromatic carbocycles. The highest BCUT2D eigenvalue weighted by Crippen LogP contribution is 2.38. The molecule has 11 heteroatoms. The van der Waals surface area contributed by atoms with E-state index in [4.69, 9.17) is 17.5 Å². The summed E-state index contributed by atoms with van der Waals surface area (Å²) in [5, 5.41) is 9.22. The quantitative estimate of drug-likeness (QED) is 0.379. The van der Waals surface area contributed by atoms with Crippen LogP contribution in [-0.2, 0) is 15.8 Å². The standard InChI is InChI=1S/C25H32F3N5O2S/c1-18(34)31-14-12-30(13-15-31)10-6-4-5-7-11-32-23(36)33(22(35)24(32,2)3)20-9-8-19(17-29)21(16-20)25(26,27)28/h8-9,16H,4-7,10-15H2,1-3H3. The van der Waals surface area contributed by atoms with Gasteiger partial charge in [-0.3, -0.25) is 19.4 Å². The number of unbranched alkanes of at least 4 members (excludes halogenated alkanes) is 3. The van der Waals surface area contributed by atoms with Crippen molar-refractivity contribution in [1.29, 1.82) is 5.26 Å².